The number of carboxylic acids is 1. The normalized spacial score (nSPS) is 12.9. The highest BCUT2D eigenvalue weighted by Gasteiger charge is 2.26. The zero-order valence-corrected chi connectivity index (χ0v) is 10.1. The number of aliphatic imine (C=N–C) groups is 1. The first kappa shape index (κ1) is 13.9. The van der Waals surface area contributed by atoms with Gasteiger partial charge in [0.2, 0.25) is 0 Å². The first-order chi connectivity index (χ1) is 8.45. The Balaban J connectivity index is 3.13. The van der Waals surface area contributed by atoms with Crippen LogP contribution >= 0.6 is 0 Å². The monoisotopic (exact) mass is 250 g/mol. The van der Waals surface area contributed by atoms with Gasteiger partial charge in [0.15, 0.2) is 11.8 Å². The quantitative estimate of drug-likeness (QED) is 0.603. The molecule has 0 heterocycles. The largest absolute Gasteiger partial charge is 0.480 e. The van der Waals surface area contributed by atoms with Crippen molar-refractivity contribution in [3.63, 3.8) is 0 Å². The minimum Gasteiger partial charge on any atom is -0.480 e. The van der Waals surface area contributed by atoms with Crippen LogP contribution in [0.3, 0.4) is 0 Å². The van der Waals surface area contributed by atoms with E-state index in [2.05, 4.69) is 9.73 Å². The van der Waals surface area contributed by atoms with E-state index in [4.69, 9.17) is 10.8 Å². The van der Waals surface area contributed by atoms with E-state index in [1.807, 2.05) is 6.92 Å². The van der Waals surface area contributed by atoms with Gasteiger partial charge in [-0.15, -0.1) is 0 Å². The topological polar surface area (TPSA) is 102 Å². The standard InChI is InChI=1S/C12H14N2O4/c1-7-3-5-8(6-4-7)14-10(12(17)18-2)9(13)11(15)16/h3-6,9H,13H2,1-2H3,(H,15,16). The number of aliphatic carboxylic acids is 1. The first-order valence-corrected chi connectivity index (χ1v) is 5.17. The third-order valence-corrected chi connectivity index (χ3v) is 2.24. The number of carbonyl (C=O) groups excluding carboxylic acids is 1. The summed E-state index contributed by atoms with van der Waals surface area (Å²) >= 11 is 0. The Morgan fingerprint density at radius 1 is 1.33 bits per heavy atom. The SMILES string of the molecule is COC(=O)C(=Nc1ccc(C)cc1)C(N)C(=O)O. The van der Waals surface area contributed by atoms with Gasteiger partial charge < -0.3 is 15.6 Å². The highest BCUT2D eigenvalue weighted by Crippen LogP contribution is 2.13. The van der Waals surface area contributed by atoms with E-state index in [1.165, 1.54) is 0 Å². The Morgan fingerprint density at radius 3 is 2.33 bits per heavy atom. The maximum absolute atomic E-state index is 11.4. The molecule has 18 heavy (non-hydrogen) atoms. The number of rotatable bonds is 4. The molecule has 0 aliphatic rings. The molecular formula is C12H14N2O4. The lowest BCUT2D eigenvalue weighted by atomic mass is 10.1. The lowest BCUT2D eigenvalue weighted by molar-refractivity contribution is -0.139. The third kappa shape index (κ3) is 3.39. The molecule has 6 heteroatoms. The molecule has 0 radical (unpaired) electrons. The minimum atomic E-state index is -1.52. The smallest absolute Gasteiger partial charge is 0.354 e. The molecule has 1 aromatic rings. The van der Waals surface area contributed by atoms with Crippen molar-refractivity contribution in [2.45, 2.75) is 13.0 Å². The number of nitrogens with zero attached hydrogens (tertiary/aromatic N) is 1. The van der Waals surface area contributed by atoms with Crippen molar-refractivity contribution in [2.75, 3.05) is 7.11 Å². The van der Waals surface area contributed by atoms with Crippen molar-refractivity contribution < 1.29 is 19.4 Å². The number of methoxy groups -OCH3 is 1. The molecule has 0 fully saturated rings. The molecule has 1 unspecified atom stereocenters. The predicted molar refractivity (Wildman–Crippen MR) is 65.9 cm³/mol. The molecule has 0 aliphatic heterocycles. The van der Waals surface area contributed by atoms with Crippen LogP contribution in [-0.4, -0.2) is 35.9 Å². The number of aryl methyl sites for hydroxylation is 1. The van der Waals surface area contributed by atoms with Crippen molar-refractivity contribution in [2.24, 2.45) is 10.7 Å². The number of carboxylic acid groups (broad SMARTS) is 1. The average Bonchev–Trinajstić information content (AvgIpc) is 2.36. The van der Waals surface area contributed by atoms with Crippen molar-refractivity contribution in [3.8, 4) is 0 Å². The minimum absolute atomic E-state index is 0.339. The highest BCUT2D eigenvalue weighted by molar-refractivity contribution is 6.42. The van der Waals surface area contributed by atoms with E-state index >= 15 is 0 Å². The second-order valence-electron chi connectivity index (χ2n) is 3.64. The van der Waals surface area contributed by atoms with Gasteiger partial charge in [0, 0.05) is 0 Å². The van der Waals surface area contributed by atoms with Gasteiger partial charge in [0.05, 0.1) is 12.8 Å². The summed E-state index contributed by atoms with van der Waals surface area (Å²) in [6.45, 7) is 1.90. The number of benzene rings is 1. The van der Waals surface area contributed by atoms with Crippen LogP contribution in [0.2, 0.25) is 0 Å². The molecule has 0 amide bonds. The van der Waals surface area contributed by atoms with Gasteiger partial charge in [-0.3, -0.25) is 4.79 Å². The molecule has 3 N–H and O–H groups in total. The van der Waals surface area contributed by atoms with E-state index in [0.717, 1.165) is 12.7 Å². The Labute approximate surface area is 104 Å². The van der Waals surface area contributed by atoms with E-state index < -0.39 is 18.0 Å². The van der Waals surface area contributed by atoms with Gasteiger partial charge in [-0.25, -0.2) is 9.79 Å². The van der Waals surface area contributed by atoms with Crippen LogP contribution in [0.5, 0.6) is 0 Å². The van der Waals surface area contributed by atoms with Crippen molar-refractivity contribution in [1.82, 2.24) is 0 Å². The van der Waals surface area contributed by atoms with E-state index in [9.17, 15) is 9.59 Å². The predicted octanol–water partition coefficient (Wildman–Crippen LogP) is 0.652. The van der Waals surface area contributed by atoms with E-state index in [1.54, 1.807) is 24.3 Å². The zero-order valence-electron chi connectivity index (χ0n) is 10.1. The average molecular weight is 250 g/mol. The molecule has 1 aromatic carbocycles. The van der Waals surface area contributed by atoms with E-state index in [0.29, 0.717) is 5.69 Å². The van der Waals surface area contributed by atoms with Gasteiger partial charge >= 0.3 is 11.9 Å². The summed E-state index contributed by atoms with van der Waals surface area (Å²) in [7, 11) is 1.14. The van der Waals surface area contributed by atoms with Crippen LogP contribution in [0.15, 0.2) is 29.3 Å². The summed E-state index contributed by atoms with van der Waals surface area (Å²) in [5.74, 6) is -2.20. The fraction of sp³-hybridized carbons (Fsp3) is 0.250. The van der Waals surface area contributed by atoms with Gasteiger partial charge in [0.25, 0.3) is 0 Å². The summed E-state index contributed by atoms with van der Waals surface area (Å²) < 4.78 is 4.47. The number of carbonyl (C=O) groups is 2. The summed E-state index contributed by atoms with van der Waals surface area (Å²) in [5.41, 5.74) is 6.51. The van der Waals surface area contributed by atoms with Crippen LogP contribution < -0.4 is 5.73 Å². The number of hydrogen-bond donors (Lipinski definition) is 2. The van der Waals surface area contributed by atoms with Crippen molar-refractivity contribution in [3.05, 3.63) is 29.8 Å². The van der Waals surface area contributed by atoms with Crippen molar-refractivity contribution >= 4 is 23.3 Å². The molecule has 0 bridgehead atoms. The van der Waals surface area contributed by atoms with Gasteiger partial charge in [-0.2, -0.15) is 0 Å². The van der Waals surface area contributed by atoms with Gasteiger partial charge in [-0.1, -0.05) is 17.7 Å². The molecule has 0 aromatic heterocycles. The molecule has 96 valence electrons. The molecule has 1 rings (SSSR count). The third-order valence-electron chi connectivity index (χ3n) is 2.24. The highest BCUT2D eigenvalue weighted by atomic mass is 16.5. The molecule has 1 atom stereocenters. The molecule has 0 spiro atoms. The Bertz CT molecular complexity index is 479. The van der Waals surface area contributed by atoms with Crippen LogP contribution in [0.4, 0.5) is 5.69 Å². The lowest BCUT2D eigenvalue weighted by Crippen LogP contribution is -2.43. The molecule has 0 aliphatic carbocycles. The Morgan fingerprint density at radius 2 is 1.89 bits per heavy atom. The summed E-state index contributed by atoms with van der Waals surface area (Å²) in [4.78, 5) is 26.2. The molecule has 0 saturated heterocycles. The van der Waals surface area contributed by atoms with Gasteiger partial charge in [0.1, 0.15) is 0 Å². The second-order valence-corrected chi connectivity index (χ2v) is 3.64. The maximum atomic E-state index is 11.4. The summed E-state index contributed by atoms with van der Waals surface area (Å²) in [6, 6.07) is 5.39. The Kier molecular flexibility index (Phi) is 4.56. The van der Waals surface area contributed by atoms with Crippen molar-refractivity contribution in [1.29, 1.82) is 0 Å². The summed E-state index contributed by atoms with van der Waals surface area (Å²) in [6.07, 6.45) is 0. The maximum Gasteiger partial charge on any atom is 0.354 e. The number of hydrogen-bond acceptors (Lipinski definition) is 5. The Hall–Kier alpha value is -2.21. The fourth-order valence-corrected chi connectivity index (χ4v) is 1.22. The number of ether oxygens (including phenoxy) is 1. The zero-order chi connectivity index (χ0) is 13.7. The number of nitrogens with two attached hydrogens (primary N) is 1. The second kappa shape index (κ2) is 5.92. The molecule has 0 saturated carbocycles. The first-order valence-electron chi connectivity index (χ1n) is 5.17. The summed E-state index contributed by atoms with van der Waals surface area (Å²) in [5, 5.41) is 8.81. The van der Waals surface area contributed by atoms with Crippen LogP contribution in [-0.2, 0) is 14.3 Å². The van der Waals surface area contributed by atoms with E-state index in [-0.39, 0.29) is 5.71 Å². The molecule has 6 nitrogen and oxygen atoms in total. The number of esters is 1. The van der Waals surface area contributed by atoms with Gasteiger partial charge in [-0.05, 0) is 19.1 Å². The van der Waals surface area contributed by atoms with Crippen LogP contribution in [0, 0.1) is 6.92 Å². The van der Waals surface area contributed by atoms with Crippen LogP contribution in [0.1, 0.15) is 5.56 Å². The fourth-order valence-electron chi connectivity index (χ4n) is 1.22. The lowest BCUT2D eigenvalue weighted by Gasteiger charge is -2.08. The molecular weight excluding hydrogens is 236 g/mol. The van der Waals surface area contributed by atoms with Crippen LogP contribution in [0.25, 0.3) is 0 Å².